The van der Waals surface area contributed by atoms with Gasteiger partial charge in [-0.15, -0.1) is 0 Å². The Bertz CT molecular complexity index is 228. The van der Waals surface area contributed by atoms with E-state index in [0.717, 1.165) is 19.1 Å². The van der Waals surface area contributed by atoms with Crippen LogP contribution in [0.15, 0.2) is 0 Å². The summed E-state index contributed by atoms with van der Waals surface area (Å²) < 4.78 is 11.6. The molecule has 1 unspecified atom stereocenters. The summed E-state index contributed by atoms with van der Waals surface area (Å²) in [7, 11) is -2.33. The van der Waals surface area contributed by atoms with Crippen molar-refractivity contribution in [2.45, 2.75) is 84.2 Å². The van der Waals surface area contributed by atoms with Gasteiger partial charge in [-0.2, -0.15) is 0 Å². The van der Waals surface area contributed by atoms with Crippen LogP contribution in [0.4, 0.5) is 0 Å². The fourth-order valence-corrected chi connectivity index (χ4v) is 5.24. The second-order valence-electron chi connectivity index (χ2n) is 5.53. The molecule has 0 spiro atoms. The van der Waals surface area contributed by atoms with Crippen LogP contribution in [0.2, 0.25) is 12.1 Å². The summed E-state index contributed by atoms with van der Waals surface area (Å²) in [6.07, 6.45) is 10.9. The summed E-state index contributed by atoms with van der Waals surface area (Å²) in [5, 5.41) is 0. The number of rotatable bonds is 14. The summed E-state index contributed by atoms with van der Waals surface area (Å²) in [5.74, 6) is 0. The Balaban J connectivity index is 4.02. The van der Waals surface area contributed by atoms with Crippen LogP contribution in [0, 0.1) is 0 Å². The predicted octanol–water partition coefficient (Wildman–Crippen LogP) is 4.84. The smallest absolute Gasteiger partial charge is 0.345 e. The quantitative estimate of drug-likeness (QED) is 0.262. The second kappa shape index (κ2) is 12.5. The molecule has 0 aliphatic heterocycles. The summed E-state index contributed by atoms with van der Waals surface area (Å²) in [6, 6.07) is 0. The first kappa shape index (κ1) is 19.8. The van der Waals surface area contributed by atoms with Gasteiger partial charge in [-0.05, 0) is 26.8 Å². The molecular formula is C16H34O3Si. The van der Waals surface area contributed by atoms with Gasteiger partial charge in [0, 0.05) is 13.2 Å². The first-order chi connectivity index (χ1) is 9.64. The standard InChI is InChI=1S/C16H34O3Si/c1-5-8-9-10-11-12-13-14-16(15-17)20(4,18-6-2)19-7-3/h15-16H,5-14H2,1-4H3. The van der Waals surface area contributed by atoms with Crippen molar-refractivity contribution >= 4 is 14.8 Å². The summed E-state index contributed by atoms with van der Waals surface area (Å²) >= 11 is 0. The average molecular weight is 303 g/mol. The predicted molar refractivity (Wildman–Crippen MR) is 87.3 cm³/mol. The van der Waals surface area contributed by atoms with Gasteiger partial charge in [0.15, 0.2) is 0 Å². The van der Waals surface area contributed by atoms with Gasteiger partial charge in [0.2, 0.25) is 0 Å². The van der Waals surface area contributed by atoms with Crippen LogP contribution in [0.25, 0.3) is 0 Å². The fourth-order valence-electron chi connectivity index (χ4n) is 2.60. The Morgan fingerprint density at radius 2 is 1.40 bits per heavy atom. The molecular weight excluding hydrogens is 268 g/mol. The van der Waals surface area contributed by atoms with Crippen molar-refractivity contribution in [3.8, 4) is 0 Å². The highest BCUT2D eigenvalue weighted by atomic mass is 28.4. The van der Waals surface area contributed by atoms with Gasteiger partial charge in [0.25, 0.3) is 0 Å². The Morgan fingerprint density at radius 1 is 0.900 bits per heavy atom. The van der Waals surface area contributed by atoms with Crippen LogP contribution >= 0.6 is 0 Å². The van der Waals surface area contributed by atoms with Crippen molar-refractivity contribution in [1.29, 1.82) is 0 Å². The summed E-state index contributed by atoms with van der Waals surface area (Å²) in [6.45, 7) is 9.47. The van der Waals surface area contributed by atoms with Gasteiger partial charge in [-0.25, -0.2) is 0 Å². The zero-order valence-electron chi connectivity index (χ0n) is 14.0. The Hall–Kier alpha value is -0.193. The van der Waals surface area contributed by atoms with E-state index in [-0.39, 0.29) is 5.54 Å². The lowest BCUT2D eigenvalue weighted by Crippen LogP contribution is -2.44. The van der Waals surface area contributed by atoms with Crippen molar-refractivity contribution in [3.05, 3.63) is 0 Å². The molecule has 120 valence electrons. The van der Waals surface area contributed by atoms with Crippen LogP contribution < -0.4 is 0 Å². The lowest BCUT2D eigenvalue weighted by Gasteiger charge is -2.30. The van der Waals surface area contributed by atoms with Gasteiger partial charge in [0.05, 0.1) is 5.54 Å². The highest BCUT2D eigenvalue weighted by Gasteiger charge is 2.40. The van der Waals surface area contributed by atoms with Crippen molar-refractivity contribution < 1.29 is 13.6 Å². The van der Waals surface area contributed by atoms with E-state index < -0.39 is 8.56 Å². The topological polar surface area (TPSA) is 35.5 Å². The normalized spacial score (nSPS) is 13.4. The van der Waals surface area contributed by atoms with Crippen molar-refractivity contribution in [2.75, 3.05) is 13.2 Å². The molecule has 0 radical (unpaired) electrons. The molecule has 20 heavy (non-hydrogen) atoms. The number of carbonyl (C=O) groups is 1. The van der Waals surface area contributed by atoms with Crippen LogP contribution in [0.5, 0.6) is 0 Å². The van der Waals surface area contributed by atoms with Crippen molar-refractivity contribution in [3.63, 3.8) is 0 Å². The molecule has 0 aromatic rings. The van der Waals surface area contributed by atoms with E-state index in [0.29, 0.717) is 13.2 Å². The van der Waals surface area contributed by atoms with Crippen molar-refractivity contribution in [1.82, 2.24) is 0 Å². The number of unbranched alkanes of at least 4 members (excludes halogenated alkanes) is 6. The first-order valence-corrected chi connectivity index (χ1v) is 10.8. The first-order valence-electron chi connectivity index (χ1n) is 8.37. The van der Waals surface area contributed by atoms with Gasteiger partial charge in [0.1, 0.15) is 6.29 Å². The third kappa shape index (κ3) is 8.17. The van der Waals surface area contributed by atoms with E-state index in [2.05, 4.69) is 6.92 Å². The molecule has 0 aromatic carbocycles. The second-order valence-corrected chi connectivity index (χ2v) is 8.89. The van der Waals surface area contributed by atoms with Gasteiger partial charge in [-0.1, -0.05) is 51.9 Å². The van der Waals surface area contributed by atoms with Gasteiger partial charge < -0.3 is 13.6 Å². The average Bonchev–Trinajstić information content (AvgIpc) is 2.42. The molecule has 1 atom stereocenters. The molecule has 0 rings (SSSR count). The largest absolute Gasteiger partial charge is 0.394 e. The van der Waals surface area contributed by atoms with Crippen LogP contribution in [0.1, 0.15) is 72.1 Å². The molecule has 0 heterocycles. The van der Waals surface area contributed by atoms with Crippen molar-refractivity contribution in [2.24, 2.45) is 0 Å². The van der Waals surface area contributed by atoms with E-state index in [4.69, 9.17) is 8.85 Å². The monoisotopic (exact) mass is 302 g/mol. The fraction of sp³-hybridized carbons (Fsp3) is 0.938. The maximum atomic E-state index is 11.4. The minimum atomic E-state index is -2.33. The molecule has 4 heteroatoms. The van der Waals surface area contributed by atoms with E-state index >= 15 is 0 Å². The molecule has 0 amide bonds. The highest BCUT2D eigenvalue weighted by molar-refractivity contribution is 6.70. The number of carbonyl (C=O) groups excluding carboxylic acids is 1. The minimum Gasteiger partial charge on any atom is -0.394 e. The van der Waals surface area contributed by atoms with E-state index in [9.17, 15) is 4.79 Å². The molecule has 0 aliphatic rings. The number of aldehydes is 1. The number of hydrogen-bond acceptors (Lipinski definition) is 3. The van der Waals surface area contributed by atoms with Crippen LogP contribution in [-0.2, 0) is 13.6 Å². The maximum Gasteiger partial charge on any atom is 0.345 e. The molecule has 0 bridgehead atoms. The van der Waals surface area contributed by atoms with E-state index in [1.807, 2.05) is 20.4 Å². The highest BCUT2D eigenvalue weighted by Crippen LogP contribution is 2.28. The van der Waals surface area contributed by atoms with E-state index in [1.165, 1.54) is 38.5 Å². The summed E-state index contributed by atoms with van der Waals surface area (Å²) in [4.78, 5) is 11.4. The lowest BCUT2D eigenvalue weighted by atomic mass is 10.1. The molecule has 0 aromatic heterocycles. The molecule has 0 N–H and O–H groups in total. The zero-order chi connectivity index (χ0) is 15.3. The molecule has 0 saturated heterocycles. The Kier molecular flexibility index (Phi) is 12.4. The molecule has 3 nitrogen and oxygen atoms in total. The third-order valence-electron chi connectivity index (χ3n) is 3.82. The molecule has 0 aliphatic carbocycles. The van der Waals surface area contributed by atoms with Crippen LogP contribution in [0.3, 0.4) is 0 Å². The van der Waals surface area contributed by atoms with Gasteiger partial charge in [-0.3, -0.25) is 0 Å². The number of hydrogen-bond donors (Lipinski definition) is 0. The zero-order valence-corrected chi connectivity index (χ0v) is 15.0. The van der Waals surface area contributed by atoms with Crippen LogP contribution in [-0.4, -0.2) is 28.1 Å². The van der Waals surface area contributed by atoms with Gasteiger partial charge >= 0.3 is 8.56 Å². The molecule has 0 fully saturated rings. The lowest BCUT2D eigenvalue weighted by molar-refractivity contribution is -0.108. The third-order valence-corrected chi connectivity index (χ3v) is 7.31. The maximum absolute atomic E-state index is 11.4. The minimum absolute atomic E-state index is 0.0296. The molecule has 0 saturated carbocycles. The Labute approximate surface area is 126 Å². The van der Waals surface area contributed by atoms with E-state index in [1.54, 1.807) is 0 Å². The Morgan fingerprint density at radius 3 is 1.85 bits per heavy atom. The summed E-state index contributed by atoms with van der Waals surface area (Å²) in [5.41, 5.74) is -0.0296. The SMILES string of the molecule is CCCCCCCCCC(C=O)[Si](C)(OCC)OCC.